The molecule has 0 aromatic heterocycles. The SMILES string of the molecule is CCCCc1ccc(-c2ccc(COc3ccc(-c4ccc(CC)cc4)c(F)c3F)cc2)c(F)c1. The fraction of sp³-hybridized carbons (Fsp3) is 0.226. The molecule has 4 rings (SSSR count). The van der Waals surface area contributed by atoms with Crippen molar-refractivity contribution in [2.45, 2.75) is 46.1 Å². The quantitative estimate of drug-likeness (QED) is 0.235. The maximum atomic E-state index is 14.7. The van der Waals surface area contributed by atoms with E-state index in [1.54, 1.807) is 36.4 Å². The standard InChI is InChI=1S/C31H29F3O/c1-3-5-6-22-11-16-26(28(32)19-22)24-14-9-23(10-15-24)20-35-29-18-17-27(30(33)31(29)34)25-12-7-21(4-2)8-13-25/h7-19H,3-6,20H2,1-2H3. The molecule has 0 radical (unpaired) electrons. The number of hydrogen-bond acceptors (Lipinski definition) is 1. The molecule has 1 nitrogen and oxygen atoms in total. The molecular weight excluding hydrogens is 445 g/mol. The third kappa shape index (κ3) is 5.76. The van der Waals surface area contributed by atoms with Crippen LogP contribution in [-0.4, -0.2) is 0 Å². The van der Waals surface area contributed by atoms with E-state index in [0.717, 1.165) is 47.9 Å². The van der Waals surface area contributed by atoms with Crippen LogP contribution in [0.25, 0.3) is 22.3 Å². The topological polar surface area (TPSA) is 9.23 Å². The first-order valence-corrected chi connectivity index (χ1v) is 12.1. The molecule has 180 valence electrons. The number of rotatable bonds is 9. The summed E-state index contributed by atoms with van der Waals surface area (Å²) < 4.78 is 49.6. The number of halogens is 3. The van der Waals surface area contributed by atoms with Crippen molar-refractivity contribution in [3.05, 3.63) is 113 Å². The first-order chi connectivity index (χ1) is 17.0. The van der Waals surface area contributed by atoms with E-state index in [4.69, 9.17) is 4.74 Å². The molecule has 4 aromatic rings. The van der Waals surface area contributed by atoms with Crippen molar-refractivity contribution >= 4 is 0 Å². The van der Waals surface area contributed by atoms with Crippen molar-refractivity contribution in [1.82, 2.24) is 0 Å². The molecule has 0 heterocycles. The molecule has 0 spiro atoms. The molecule has 0 bridgehead atoms. The second kappa shape index (κ2) is 11.3. The Morgan fingerprint density at radius 2 is 1.23 bits per heavy atom. The summed E-state index contributed by atoms with van der Waals surface area (Å²) in [6.45, 7) is 4.22. The van der Waals surface area contributed by atoms with Gasteiger partial charge in [-0.25, -0.2) is 8.78 Å². The maximum absolute atomic E-state index is 14.7. The molecule has 4 heteroatoms. The lowest BCUT2D eigenvalue weighted by molar-refractivity contribution is 0.285. The van der Waals surface area contributed by atoms with Gasteiger partial charge in [-0.3, -0.25) is 0 Å². The first kappa shape index (κ1) is 24.6. The van der Waals surface area contributed by atoms with Crippen LogP contribution >= 0.6 is 0 Å². The lowest BCUT2D eigenvalue weighted by Gasteiger charge is -2.12. The molecular formula is C31H29F3O. The minimum atomic E-state index is -1.01. The van der Waals surface area contributed by atoms with Crippen LogP contribution < -0.4 is 4.74 Å². The molecule has 0 saturated heterocycles. The summed E-state index contributed by atoms with van der Waals surface area (Å²) in [5.74, 6) is -2.33. The van der Waals surface area contributed by atoms with Crippen molar-refractivity contribution < 1.29 is 17.9 Å². The first-order valence-electron chi connectivity index (χ1n) is 12.1. The average Bonchev–Trinajstić information content (AvgIpc) is 2.89. The zero-order valence-electron chi connectivity index (χ0n) is 20.1. The number of unbranched alkanes of at least 4 members (excludes halogenated alkanes) is 1. The highest BCUT2D eigenvalue weighted by Crippen LogP contribution is 2.31. The Morgan fingerprint density at radius 1 is 0.629 bits per heavy atom. The van der Waals surface area contributed by atoms with Gasteiger partial charge < -0.3 is 4.74 Å². The number of ether oxygens (including phenoxy) is 1. The lowest BCUT2D eigenvalue weighted by Crippen LogP contribution is -2.00. The van der Waals surface area contributed by atoms with Crippen LogP contribution in [0.3, 0.4) is 0 Å². The number of benzene rings is 4. The Morgan fingerprint density at radius 3 is 1.86 bits per heavy atom. The number of aryl methyl sites for hydroxylation is 2. The molecule has 0 unspecified atom stereocenters. The van der Waals surface area contributed by atoms with Crippen molar-refractivity contribution in [1.29, 1.82) is 0 Å². The van der Waals surface area contributed by atoms with Crippen LogP contribution in [-0.2, 0) is 19.4 Å². The Bertz CT molecular complexity index is 1280. The summed E-state index contributed by atoms with van der Waals surface area (Å²) in [5.41, 5.74) is 5.00. The zero-order chi connectivity index (χ0) is 24.8. The van der Waals surface area contributed by atoms with Crippen LogP contribution in [0.4, 0.5) is 13.2 Å². The molecule has 0 aliphatic rings. The van der Waals surface area contributed by atoms with Gasteiger partial charge >= 0.3 is 0 Å². The van der Waals surface area contributed by atoms with Crippen LogP contribution in [0.15, 0.2) is 78.9 Å². The van der Waals surface area contributed by atoms with Crippen molar-refractivity contribution in [2.24, 2.45) is 0 Å². The van der Waals surface area contributed by atoms with E-state index in [9.17, 15) is 13.2 Å². The second-order valence-electron chi connectivity index (χ2n) is 8.69. The summed E-state index contributed by atoms with van der Waals surface area (Å²) in [6, 6.07) is 23.0. The second-order valence-corrected chi connectivity index (χ2v) is 8.69. The van der Waals surface area contributed by atoms with Gasteiger partial charge in [-0.1, -0.05) is 80.9 Å². The highest BCUT2D eigenvalue weighted by Gasteiger charge is 2.16. The van der Waals surface area contributed by atoms with Gasteiger partial charge in [0.25, 0.3) is 0 Å². The fourth-order valence-electron chi connectivity index (χ4n) is 4.06. The molecule has 4 aromatic carbocycles. The third-order valence-electron chi connectivity index (χ3n) is 6.23. The Kier molecular flexibility index (Phi) is 7.91. The highest BCUT2D eigenvalue weighted by molar-refractivity contribution is 5.66. The summed E-state index contributed by atoms with van der Waals surface area (Å²) in [6.07, 6.45) is 3.85. The third-order valence-corrected chi connectivity index (χ3v) is 6.23. The smallest absolute Gasteiger partial charge is 0.201 e. The Balaban J connectivity index is 1.44. The van der Waals surface area contributed by atoms with Crippen LogP contribution in [0.1, 0.15) is 43.4 Å². The van der Waals surface area contributed by atoms with Crippen LogP contribution in [0, 0.1) is 17.5 Å². The van der Waals surface area contributed by atoms with E-state index < -0.39 is 11.6 Å². The van der Waals surface area contributed by atoms with Gasteiger partial charge in [-0.15, -0.1) is 0 Å². The van der Waals surface area contributed by atoms with Crippen molar-refractivity contribution in [2.75, 3.05) is 0 Å². The van der Waals surface area contributed by atoms with Gasteiger partial charge in [0.15, 0.2) is 11.6 Å². The van der Waals surface area contributed by atoms with Gasteiger partial charge in [-0.05, 0) is 65.3 Å². The van der Waals surface area contributed by atoms with E-state index in [1.165, 1.54) is 12.1 Å². The van der Waals surface area contributed by atoms with Gasteiger partial charge in [-0.2, -0.15) is 4.39 Å². The highest BCUT2D eigenvalue weighted by atomic mass is 19.2. The molecule has 0 saturated carbocycles. The van der Waals surface area contributed by atoms with Gasteiger partial charge in [0.2, 0.25) is 5.82 Å². The largest absolute Gasteiger partial charge is 0.486 e. The van der Waals surface area contributed by atoms with E-state index >= 15 is 0 Å². The summed E-state index contributed by atoms with van der Waals surface area (Å²) >= 11 is 0. The van der Waals surface area contributed by atoms with E-state index in [2.05, 4.69) is 6.92 Å². The van der Waals surface area contributed by atoms with E-state index in [-0.39, 0.29) is 23.7 Å². The number of hydrogen-bond donors (Lipinski definition) is 0. The summed E-state index contributed by atoms with van der Waals surface area (Å²) in [4.78, 5) is 0. The predicted molar refractivity (Wildman–Crippen MR) is 136 cm³/mol. The average molecular weight is 475 g/mol. The fourth-order valence-corrected chi connectivity index (χ4v) is 4.06. The Hall–Kier alpha value is -3.53. The van der Waals surface area contributed by atoms with Crippen molar-refractivity contribution in [3.63, 3.8) is 0 Å². The van der Waals surface area contributed by atoms with Gasteiger partial charge in [0.1, 0.15) is 12.4 Å². The molecule has 35 heavy (non-hydrogen) atoms. The summed E-state index contributed by atoms with van der Waals surface area (Å²) in [5, 5.41) is 0. The van der Waals surface area contributed by atoms with Gasteiger partial charge in [0, 0.05) is 11.1 Å². The molecule has 0 fully saturated rings. The molecule has 0 aliphatic carbocycles. The van der Waals surface area contributed by atoms with E-state index in [1.807, 2.05) is 37.3 Å². The predicted octanol–water partition coefficient (Wildman–Crippen LogP) is 8.92. The zero-order valence-corrected chi connectivity index (χ0v) is 20.1. The molecule has 0 atom stereocenters. The normalized spacial score (nSPS) is 11.0. The lowest BCUT2D eigenvalue weighted by atomic mass is 10.00. The molecule has 0 amide bonds. The minimum Gasteiger partial charge on any atom is -0.486 e. The summed E-state index contributed by atoms with van der Waals surface area (Å²) in [7, 11) is 0. The minimum absolute atomic E-state index is 0.0691. The molecule has 0 aliphatic heterocycles. The van der Waals surface area contributed by atoms with Crippen LogP contribution in [0.2, 0.25) is 0 Å². The monoisotopic (exact) mass is 474 g/mol. The Labute approximate surface area is 205 Å². The molecule has 0 N–H and O–H groups in total. The van der Waals surface area contributed by atoms with Crippen LogP contribution in [0.5, 0.6) is 5.75 Å². The maximum Gasteiger partial charge on any atom is 0.201 e. The van der Waals surface area contributed by atoms with E-state index in [0.29, 0.717) is 11.1 Å². The van der Waals surface area contributed by atoms with Crippen molar-refractivity contribution in [3.8, 4) is 28.0 Å². The van der Waals surface area contributed by atoms with Gasteiger partial charge in [0.05, 0.1) is 0 Å².